The van der Waals surface area contributed by atoms with Crippen molar-refractivity contribution in [3.63, 3.8) is 0 Å². The molecule has 0 radical (unpaired) electrons. The Hall–Kier alpha value is -2.50. The average Bonchev–Trinajstić information content (AvgIpc) is 3.30. The Morgan fingerprint density at radius 1 is 1.22 bits per heavy atom. The van der Waals surface area contributed by atoms with Crippen LogP contribution in [0.15, 0.2) is 34.9 Å². The summed E-state index contributed by atoms with van der Waals surface area (Å²) in [4.78, 5) is 26.2. The minimum Gasteiger partial charge on any atom is -0.454 e. The maximum Gasteiger partial charge on any atom is 0.287 e. The Kier molecular flexibility index (Phi) is 7.70. The molecule has 2 heterocycles. The minimum absolute atomic E-state index is 0.114. The molecule has 0 aliphatic carbocycles. The first-order valence-corrected chi connectivity index (χ1v) is 9.79. The molecule has 6 heteroatoms. The highest BCUT2D eigenvalue weighted by Gasteiger charge is 2.16. The summed E-state index contributed by atoms with van der Waals surface area (Å²) in [6.07, 6.45) is 4.28. The van der Waals surface area contributed by atoms with Gasteiger partial charge in [0.2, 0.25) is 5.91 Å². The third kappa shape index (κ3) is 5.74. The standard InChI is InChI=1S/C21H31N3O3/c1-5-12-24(20(25)7-3)14-17-9-8-13-23(17)15-18-10-11-19(27-18)21(26)22-16(4)6-2/h8-11,13,16H,5-7,12,14-15H2,1-4H3,(H,22,26). The summed E-state index contributed by atoms with van der Waals surface area (Å²) >= 11 is 0. The van der Waals surface area contributed by atoms with Crippen molar-refractivity contribution >= 4 is 11.8 Å². The molecule has 1 N–H and O–H groups in total. The van der Waals surface area contributed by atoms with Crippen LogP contribution >= 0.6 is 0 Å². The number of furan rings is 1. The fourth-order valence-electron chi connectivity index (χ4n) is 2.88. The molecule has 27 heavy (non-hydrogen) atoms. The fraction of sp³-hybridized carbons (Fsp3) is 0.524. The first kappa shape index (κ1) is 20.8. The Labute approximate surface area is 161 Å². The molecule has 1 atom stereocenters. The Balaban J connectivity index is 2.06. The van der Waals surface area contributed by atoms with Crippen LogP contribution in [0.1, 0.15) is 69.0 Å². The lowest BCUT2D eigenvalue weighted by Crippen LogP contribution is -2.31. The molecule has 1 unspecified atom stereocenters. The van der Waals surface area contributed by atoms with Gasteiger partial charge in [0, 0.05) is 30.9 Å². The highest BCUT2D eigenvalue weighted by atomic mass is 16.4. The van der Waals surface area contributed by atoms with Gasteiger partial charge in [-0.05, 0) is 44.0 Å². The fourth-order valence-corrected chi connectivity index (χ4v) is 2.88. The molecule has 0 aliphatic rings. The van der Waals surface area contributed by atoms with E-state index in [1.54, 1.807) is 6.07 Å². The van der Waals surface area contributed by atoms with Gasteiger partial charge in [-0.2, -0.15) is 0 Å². The van der Waals surface area contributed by atoms with Crippen molar-refractivity contribution in [2.24, 2.45) is 0 Å². The third-order valence-corrected chi connectivity index (χ3v) is 4.63. The van der Waals surface area contributed by atoms with E-state index < -0.39 is 0 Å². The monoisotopic (exact) mass is 373 g/mol. The molecule has 6 nitrogen and oxygen atoms in total. The first-order valence-electron chi connectivity index (χ1n) is 9.79. The molecule has 148 valence electrons. The Bertz CT molecular complexity index is 747. The van der Waals surface area contributed by atoms with Crippen LogP contribution in [0.2, 0.25) is 0 Å². The lowest BCUT2D eigenvalue weighted by atomic mass is 10.2. The molecule has 0 bridgehead atoms. The summed E-state index contributed by atoms with van der Waals surface area (Å²) in [5, 5.41) is 2.90. The van der Waals surface area contributed by atoms with E-state index in [0.717, 1.165) is 25.1 Å². The van der Waals surface area contributed by atoms with Gasteiger partial charge >= 0.3 is 0 Å². The molecular weight excluding hydrogens is 342 g/mol. The zero-order valence-corrected chi connectivity index (χ0v) is 16.8. The molecule has 2 rings (SSSR count). The molecule has 2 amide bonds. The second-order valence-electron chi connectivity index (χ2n) is 6.84. The van der Waals surface area contributed by atoms with E-state index in [-0.39, 0.29) is 17.9 Å². The number of carbonyl (C=O) groups is 2. The van der Waals surface area contributed by atoms with Gasteiger partial charge in [-0.25, -0.2) is 0 Å². The summed E-state index contributed by atoms with van der Waals surface area (Å²) in [7, 11) is 0. The van der Waals surface area contributed by atoms with E-state index in [2.05, 4.69) is 16.8 Å². The van der Waals surface area contributed by atoms with Crippen molar-refractivity contribution in [2.75, 3.05) is 6.54 Å². The maximum absolute atomic E-state index is 12.2. The van der Waals surface area contributed by atoms with Gasteiger partial charge in [-0.3, -0.25) is 9.59 Å². The predicted molar refractivity (Wildman–Crippen MR) is 105 cm³/mol. The van der Waals surface area contributed by atoms with Gasteiger partial charge in [-0.1, -0.05) is 20.8 Å². The molecular formula is C21H31N3O3. The second kappa shape index (κ2) is 10.00. The summed E-state index contributed by atoms with van der Waals surface area (Å²) in [6.45, 7) is 9.81. The van der Waals surface area contributed by atoms with Gasteiger partial charge in [0.15, 0.2) is 5.76 Å². The lowest BCUT2D eigenvalue weighted by molar-refractivity contribution is -0.131. The topological polar surface area (TPSA) is 67.5 Å². The van der Waals surface area contributed by atoms with E-state index in [0.29, 0.717) is 31.0 Å². The number of hydrogen-bond acceptors (Lipinski definition) is 3. The zero-order chi connectivity index (χ0) is 19.8. The van der Waals surface area contributed by atoms with E-state index in [1.165, 1.54) is 0 Å². The van der Waals surface area contributed by atoms with Crippen LogP contribution in [0.25, 0.3) is 0 Å². The summed E-state index contributed by atoms with van der Waals surface area (Å²) in [5.41, 5.74) is 1.05. The van der Waals surface area contributed by atoms with E-state index in [9.17, 15) is 9.59 Å². The van der Waals surface area contributed by atoms with Crippen molar-refractivity contribution in [2.45, 2.75) is 66.1 Å². The summed E-state index contributed by atoms with van der Waals surface area (Å²) in [5.74, 6) is 1.01. The number of aromatic nitrogens is 1. The van der Waals surface area contributed by atoms with Crippen LogP contribution < -0.4 is 5.32 Å². The van der Waals surface area contributed by atoms with Crippen LogP contribution in [0, 0.1) is 0 Å². The number of nitrogens with zero attached hydrogens (tertiary/aromatic N) is 2. The second-order valence-corrected chi connectivity index (χ2v) is 6.84. The molecule has 0 fully saturated rings. The van der Waals surface area contributed by atoms with E-state index >= 15 is 0 Å². The lowest BCUT2D eigenvalue weighted by Gasteiger charge is -2.22. The number of hydrogen-bond donors (Lipinski definition) is 1. The highest BCUT2D eigenvalue weighted by Crippen LogP contribution is 2.14. The largest absolute Gasteiger partial charge is 0.454 e. The van der Waals surface area contributed by atoms with Gasteiger partial charge in [0.1, 0.15) is 5.76 Å². The normalized spacial score (nSPS) is 12.0. The summed E-state index contributed by atoms with van der Waals surface area (Å²) < 4.78 is 7.78. The maximum atomic E-state index is 12.2. The van der Waals surface area contributed by atoms with Crippen LogP contribution in [-0.4, -0.2) is 33.9 Å². The zero-order valence-electron chi connectivity index (χ0n) is 16.8. The van der Waals surface area contributed by atoms with Crippen molar-refractivity contribution in [1.82, 2.24) is 14.8 Å². The smallest absolute Gasteiger partial charge is 0.287 e. The minimum atomic E-state index is -0.189. The molecule has 0 saturated heterocycles. The number of rotatable bonds is 10. The number of nitrogens with one attached hydrogen (secondary N) is 1. The number of amides is 2. The quantitative estimate of drug-likeness (QED) is 0.689. The molecule has 0 saturated carbocycles. The van der Waals surface area contributed by atoms with Gasteiger partial charge in [0.25, 0.3) is 5.91 Å². The predicted octanol–water partition coefficient (Wildman–Crippen LogP) is 3.81. The SMILES string of the molecule is CCCN(Cc1cccn1Cc1ccc(C(=O)NC(C)CC)o1)C(=O)CC. The van der Waals surface area contributed by atoms with Crippen LogP contribution in [-0.2, 0) is 17.9 Å². The van der Waals surface area contributed by atoms with Crippen molar-refractivity contribution < 1.29 is 14.0 Å². The Morgan fingerprint density at radius 2 is 2.00 bits per heavy atom. The van der Waals surface area contributed by atoms with Crippen LogP contribution in [0.3, 0.4) is 0 Å². The van der Waals surface area contributed by atoms with Crippen molar-refractivity contribution in [1.29, 1.82) is 0 Å². The molecule has 0 aliphatic heterocycles. The number of carbonyl (C=O) groups excluding carboxylic acids is 2. The van der Waals surface area contributed by atoms with Crippen LogP contribution in [0.4, 0.5) is 0 Å². The van der Waals surface area contributed by atoms with Gasteiger partial charge in [-0.15, -0.1) is 0 Å². The van der Waals surface area contributed by atoms with Gasteiger partial charge in [0.05, 0.1) is 13.1 Å². The molecule has 2 aromatic rings. The summed E-state index contributed by atoms with van der Waals surface area (Å²) in [6, 6.07) is 7.64. The average molecular weight is 373 g/mol. The molecule has 2 aromatic heterocycles. The van der Waals surface area contributed by atoms with E-state index in [1.807, 2.05) is 50.1 Å². The van der Waals surface area contributed by atoms with Gasteiger partial charge < -0.3 is 19.2 Å². The molecule has 0 spiro atoms. The Morgan fingerprint density at radius 3 is 2.67 bits per heavy atom. The van der Waals surface area contributed by atoms with E-state index in [4.69, 9.17) is 4.42 Å². The molecule has 0 aromatic carbocycles. The van der Waals surface area contributed by atoms with Crippen molar-refractivity contribution in [3.05, 3.63) is 47.7 Å². The highest BCUT2D eigenvalue weighted by molar-refractivity contribution is 5.91. The van der Waals surface area contributed by atoms with Crippen LogP contribution in [0.5, 0.6) is 0 Å². The van der Waals surface area contributed by atoms with Crippen molar-refractivity contribution in [3.8, 4) is 0 Å². The third-order valence-electron chi connectivity index (χ3n) is 4.63. The first-order chi connectivity index (χ1) is 13.0.